The molecule has 0 saturated carbocycles. The van der Waals surface area contributed by atoms with Crippen LogP contribution in [0, 0.1) is 5.82 Å². The number of esters is 1. The molecule has 1 heterocycles. The zero-order valence-corrected chi connectivity index (χ0v) is 11.5. The topological polar surface area (TPSA) is 55.8 Å². The Morgan fingerprint density at radius 3 is 2.90 bits per heavy atom. The molecule has 0 radical (unpaired) electrons. The highest BCUT2D eigenvalue weighted by Crippen LogP contribution is 2.18. The summed E-state index contributed by atoms with van der Waals surface area (Å²) in [4.78, 5) is 25.1. The van der Waals surface area contributed by atoms with Gasteiger partial charge in [0.2, 0.25) is 0 Å². The SMILES string of the molecule is COC(=O)C1CN(C(=O)c2ccc(Cl)c(F)c2)CCO1. The van der Waals surface area contributed by atoms with Crippen molar-refractivity contribution in [1.82, 2.24) is 4.90 Å². The Hall–Kier alpha value is -1.66. The van der Waals surface area contributed by atoms with E-state index in [0.29, 0.717) is 6.54 Å². The van der Waals surface area contributed by atoms with Crippen molar-refractivity contribution in [2.45, 2.75) is 6.10 Å². The molecule has 0 aromatic heterocycles. The Morgan fingerprint density at radius 2 is 2.25 bits per heavy atom. The van der Waals surface area contributed by atoms with Crippen molar-refractivity contribution in [3.8, 4) is 0 Å². The predicted octanol–water partition coefficient (Wildman–Crippen LogP) is 1.49. The number of benzene rings is 1. The normalized spacial score (nSPS) is 18.8. The Bertz CT molecular complexity index is 537. The molecule has 0 N–H and O–H groups in total. The Morgan fingerprint density at radius 1 is 1.50 bits per heavy atom. The van der Waals surface area contributed by atoms with Crippen molar-refractivity contribution in [1.29, 1.82) is 0 Å². The number of hydrogen-bond donors (Lipinski definition) is 0. The summed E-state index contributed by atoms with van der Waals surface area (Å²) < 4.78 is 23.2. The van der Waals surface area contributed by atoms with E-state index in [2.05, 4.69) is 4.74 Å². The molecule has 0 aliphatic carbocycles. The molecule has 5 nitrogen and oxygen atoms in total. The molecule has 0 spiro atoms. The van der Waals surface area contributed by atoms with Crippen LogP contribution in [0.1, 0.15) is 10.4 Å². The fraction of sp³-hybridized carbons (Fsp3) is 0.385. The number of nitrogens with zero attached hydrogens (tertiary/aromatic N) is 1. The van der Waals surface area contributed by atoms with Crippen molar-refractivity contribution in [3.05, 3.63) is 34.6 Å². The third kappa shape index (κ3) is 3.08. The molecule has 1 aliphatic heterocycles. The molecule has 1 fully saturated rings. The maximum Gasteiger partial charge on any atom is 0.336 e. The maximum absolute atomic E-state index is 13.4. The van der Waals surface area contributed by atoms with Crippen LogP contribution in [-0.4, -0.2) is 49.7 Å². The first-order chi connectivity index (χ1) is 9.52. The standard InChI is InChI=1S/C13H13ClFNO4/c1-19-13(18)11-7-16(4-5-20-11)12(17)8-2-3-9(14)10(15)6-8/h2-3,6,11H,4-5,7H2,1H3. The molecule has 1 amide bonds. The van der Waals surface area contributed by atoms with Gasteiger partial charge in [0.15, 0.2) is 6.10 Å². The summed E-state index contributed by atoms with van der Waals surface area (Å²) in [5.74, 6) is -1.57. The molecule has 1 atom stereocenters. The highest BCUT2D eigenvalue weighted by Gasteiger charge is 2.30. The molecular formula is C13H13ClFNO4. The fourth-order valence-corrected chi connectivity index (χ4v) is 2.04. The fourth-order valence-electron chi connectivity index (χ4n) is 1.92. The summed E-state index contributed by atoms with van der Waals surface area (Å²) in [7, 11) is 1.25. The van der Waals surface area contributed by atoms with E-state index in [1.807, 2.05) is 0 Å². The quantitative estimate of drug-likeness (QED) is 0.777. The van der Waals surface area contributed by atoms with Gasteiger partial charge in [-0.25, -0.2) is 9.18 Å². The van der Waals surface area contributed by atoms with E-state index in [9.17, 15) is 14.0 Å². The number of carbonyl (C=O) groups is 2. The van der Waals surface area contributed by atoms with Gasteiger partial charge in [-0.15, -0.1) is 0 Å². The minimum atomic E-state index is -0.810. The first-order valence-corrected chi connectivity index (χ1v) is 6.34. The van der Waals surface area contributed by atoms with Gasteiger partial charge in [0, 0.05) is 12.1 Å². The second kappa shape index (κ2) is 6.19. The molecule has 2 rings (SSSR count). The minimum Gasteiger partial charge on any atom is -0.467 e. The maximum atomic E-state index is 13.4. The lowest BCUT2D eigenvalue weighted by Gasteiger charge is -2.31. The van der Waals surface area contributed by atoms with Gasteiger partial charge in [0.05, 0.1) is 25.3 Å². The van der Waals surface area contributed by atoms with Crippen LogP contribution in [0.25, 0.3) is 0 Å². The van der Waals surface area contributed by atoms with E-state index < -0.39 is 17.9 Å². The Kier molecular flexibility index (Phi) is 4.57. The third-order valence-electron chi connectivity index (χ3n) is 2.98. The van der Waals surface area contributed by atoms with Gasteiger partial charge in [-0.05, 0) is 18.2 Å². The van der Waals surface area contributed by atoms with Gasteiger partial charge in [-0.2, -0.15) is 0 Å². The Balaban J connectivity index is 2.12. The lowest BCUT2D eigenvalue weighted by atomic mass is 10.1. The van der Waals surface area contributed by atoms with Crippen molar-refractivity contribution >= 4 is 23.5 Å². The number of hydrogen-bond acceptors (Lipinski definition) is 4. The largest absolute Gasteiger partial charge is 0.467 e. The molecule has 1 aromatic rings. The molecule has 1 aliphatic rings. The zero-order chi connectivity index (χ0) is 14.7. The van der Waals surface area contributed by atoms with Crippen LogP contribution in [-0.2, 0) is 14.3 Å². The van der Waals surface area contributed by atoms with Crippen molar-refractivity contribution in [2.24, 2.45) is 0 Å². The van der Waals surface area contributed by atoms with E-state index in [-0.39, 0.29) is 29.6 Å². The van der Waals surface area contributed by atoms with Crippen LogP contribution >= 0.6 is 11.6 Å². The molecule has 1 unspecified atom stereocenters. The molecular weight excluding hydrogens is 289 g/mol. The van der Waals surface area contributed by atoms with Crippen LogP contribution in [0.2, 0.25) is 5.02 Å². The minimum absolute atomic E-state index is 0.0454. The summed E-state index contributed by atoms with van der Waals surface area (Å²) in [6, 6.07) is 3.84. The Labute approximate surface area is 120 Å². The highest BCUT2D eigenvalue weighted by molar-refractivity contribution is 6.30. The number of amides is 1. The second-order valence-corrected chi connectivity index (χ2v) is 4.67. The first-order valence-electron chi connectivity index (χ1n) is 5.96. The van der Waals surface area contributed by atoms with E-state index in [4.69, 9.17) is 16.3 Å². The monoisotopic (exact) mass is 301 g/mol. The number of methoxy groups -OCH3 is 1. The van der Waals surface area contributed by atoms with Crippen molar-refractivity contribution in [3.63, 3.8) is 0 Å². The highest BCUT2D eigenvalue weighted by atomic mass is 35.5. The average molecular weight is 302 g/mol. The first kappa shape index (κ1) is 14.7. The molecule has 7 heteroatoms. The summed E-state index contributed by atoms with van der Waals surface area (Å²) in [5.41, 5.74) is 0.178. The van der Waals surface area contributed by atoms with Crippen molar-refractivity contribution in [2.75, 3.05) is 26.8 Å². The van der Waals surface area contributed by atoms with Gasteiger partial charge >= 0.3 is 5.97 Å². The third-order valence-corrected chi connectivity index (χ3v) is 3.29. The molecule has 1 saturated heterocycles. The summed E-state index contributed by atoms with van der Waals surface area (Å²) >= 11 is 5.57. The second-order valence-electron chi connectivity index (χ2n) is 4.26. The van der Waals surface area contributed by atoms with Gasteiger partial charge in [0.25, 0.3) is 5.91 Å². The number of morpholine rings is 1. The molecule has 1 aromatic carbocycles. The van der Waals surface area contributed by atoms with Gasteiger partial charge < -0.3 is 14.4 Å². The smallest absolute Gasteiger partial charge is 0.336 e. The van der Waals surface area contributed by atoms with E-state index in [1.165, 1.54) is 24.1 Å². The lowest BCUT2D eigenvalue weighted by molar-refractivity contribution is -0.158. The number of rotatable bonds is 2. The molecule has 0 bridgehead atoms. The average Bonchev–Trinajstić information content (AvgIpc) is 2.48. The van der Waals surface area contributed by atoms with Gasteiger partial charge in [-0.3, -0.25) is 4.79 Å². The summed E-state index contributed by atoms with van der Waals surface area (Å²) in [6.45, 7) is 0.633. The molecule has 108 valence electrons. The van der Waals surface area contributed by atoms with Crippen molar-refractivity contribution < 1.29 is 23.5 Å². The van der Waals surface area contributed by atoms with Crippen LogP contribution in [0.3, 0.4) is 0 Å². The van der Waals surface area contributed by atoms with Crippen LogP contribution < -0.4 is 0 Å². The molecule has 20 heavy (non-hydrogen) atoms. The summed E-state index contributed by atoms with van der Waals surface area (Å²) in [5, 5.41) is -0.0454. The predicted molar refractivity (Wildman–Crippen MR) is 69.1 cm³/mol. The number of ether oxygens (including phenoxy) is 2. The van der Waals surface area contributed by atoms with Crippen LogP contribution in [0.4, 0.5) is 4.39 Å². The van der Waals surface area contributed by atoms with E-state index >= 15 is 0 Å². The number of carbonyl (C=O) groups excluding carboxylic acids is 2. The van der Waals surface area contributed by atoms with Gasteiger partial charge in [-0.1, -0.05) is 11.6 Å². The lowest BCUT2D eigenvalue weighted by Crippen LogP contribution is -2.48. The number of halogens is 2. The van der Waals surface area contributed by atoms with E-state index in [0.717, 1.165) is 6.07 Å². The van der Waals surface area contributed by atoms with Crippen LogP contribution in [0.5, 0.6) is 0 Å². The van der Waals surface area contributed by atoms with Gasteiger partial charge in [0.1, 0.15) is 5.82 Å². The van der Waals surface area contributed by atoms with E-state index in [1.54, 1.807) is 0 Å². The van der Waals surface area contributed by atoms with Crippen LogP contribution in [0.15, 0.2) is 18.2 Å². The summed E-state index contributed by atoms with van der Waals surface area (Å²) in [6.07, 6.45) is -0.810. The zero-order valence-electron chi connectivity index (χ0n) is 10.8.